The lowest BCUT2D eigenvalue weighted by atomic mass is 10.1. The molecule has 1 aromatic carbocycles. The lowest BCUT2D eigenvalue weighted by Gasteiger charge is -2.34. The third kappa shape index (κ3) is 2.96. The normalized spacial score (nSPS) is 14.9. The number of carbonyl (C=O) groups excluding carboxylic acids is 1. The van der Waals surface area contributed by atoms with E-state index in [1.807, 2.05) is 4.90 Å². The number of carbonyl (C=O) groups is 1. The highest BCUT2D eigenvalue weighted by atomic mass is 35.5. The molecule has 0 atom stereocenters. The zero-order valence-electron chi connectivity index (χ0n) is 13.6. The Morgan fingerprint density at radius 3 is 2.54 bits per heavy atom. The highest BCUT2D eigenvalue weighted by Crippen LogP contribution is 2.20. The summed E-state index contributed by atoms with van der Waals surface area (Å²) in [6.45, 7) is 1.82. The Balaban J connectivity index is 1.50. The Morgan fingerprint density at radius 1 is 1.04 bits per heavy atom. The van der Waals surface area contributed by atoms with Gasteiger partial charge < -0.3 is 9.80 Å². The molecule has 1 aliphatic heterocycles. The van der Waals surface area contributed by atoms with E-state index in [0.29, 0.717) is 42.8 Å². The van der Waals surface area contributed by atoms with Gasteiger partial charge in [0.05, 0.1) is 10.6 Å². The van der Waals surface area contributed by atoms with E-state index >= 15 is 0 Å². The van der Waals surface area contributed by atoms with Crippen LogP contribution in [0, 0.1) is 11.6 Å². The Labute approximate surface area is 152 Å². The summed E-state index contributed by atoms with van der Waals surface area (Å²) < 4.78 is 28.6. The molecular weight excluding hydrogens is 364 g/mol. The van der Waals surface area contributed by atoms with Crippen molar-refractivity contribution in [1.82, 2.24) is 19.5 Å². The van der Waals surface area contributed by atoms with Crippen LogP contribution in [0.25, 0.3) is 5.65 Å². The lowest BCUT2D eigenvalue weighted by molar-refractivity contribution is 0.0741. The number of piperazine rings is 1. The van der Waals surface area contributed by atoms with Gasteiger partial charge in [0, 0.05) is 38.4 Å². The minimum Gasteiger partial charge on any atom is -0.337 e. The number of nitrogens with zero attached hydrogens (tertiary/aromatic N) is 5. The third-order valence-electron chi connectivity index (χ3n) is 4.36. The second kappa shape index (κ2) is 6.53. The number of benzene rings is 1. The molecule has 6 nitrogen and oxygen atoms in total. The molecule has 3 heterocycles. The summed E-state index contributed by atoms with van der Waals surface area (Å²) in [5, 5.41) is 8.86. The molecule has 1 aliphatic rings. The SMILES string of the molecule is O=C(c1ccc(F)cc1F)N1CCN(c2nnc3ccc(Cl)cn23)CC1. The molecule has 0 radical (unpaired) electrons. The predicted molar refractivity (Wildman–Crippen MR) is 92.5 cm³/mol. The standard InChI is InChI=1S/C17H14ClF2N5O/c18-11-1-4-15-21-22-17(25(15)10-11)24-7-5-23(6-8-24)16(26)13-3-2-12(19)9-14(13)20/h1-4,9-10H,5-8H2. The first-order chi connectivity index (χ1) is 12.5. The van der Waals surface area contributed by atoms with Crippen LogP contribution >= 0.6 is 11.6 Å². The van der Waals surface area contributed by atoms with Crippen LogP contribution in [0.2, 0.25) is 5.02 Å². The maximum Gasteiger partial charge on any atom is 0.256 e. The van der Waals surface area contributed by atoms with Gasteiger partial charge in [-0.3, -0.25) is 9.20 Å². The number of fused-ring (bicyclic) bond motifs is 1. The fourth-order valence-electron chi connectivity index (χ4n) is 3.01. The molecule has 134 valence electrons. The Morgan fingerprint density at radius 2 is 1.81 bits per heavy atom. The van der Waals surface area contributed by atoms with Crippen LogP contribution in [0.4, 0.5) is 14.7 Å². The minimum absolute atomic E-state index is 0.125. The van der Waals surface area contributed by atoms with Crippen LogP contribution in [0.1, 0.15) is 10.4 Å². The molecule has 2 aromatic heterocycles. The first-order valence-corrected chi connectivity index (χ1v) is 8.40. The topological polar surface area (TPSA) is 53.7 Å². The molecule has 0 spiro atoms. The molecule has 0 saturated carbocycles. The minimum atomic E-state index is -0.851. The molecule has 26 heavy (non-hydrogen) atoms. The van der Waals surface area contributed by atoms with E-state index in [2.05, 4.69) is 10.2 Å². The fraction of sp³-hybridized carbons (Fsp3) is 0.235. The molecule has 0 N–H and O–H groups in total. The molecule has 0 aliphatic carbocycles. The van der Waals surface area contributed by atoms with Crippen molar-refractivity contribution in [1.29, 1.82) is 0 Å². The van der Waals surface area contributed by atoms with E-state index in [4.69, 9.17) is 11.6 Å². The molecule has 4 rings (SSSR count). The summed E-state index contributed by atoms with van der Waals surface area (Å²) in [6.07, 6.45) is 1.73. The number of aromatic nitrogens is 3. The van der Waals surface area contributed by atoms with Crippen LogP contribution in [-0.4, -0.2) is 51.6 Å². The summed E-state index contributed by atoms with van der Waals surface area (Å²) in [4.78, 5) is 16.0. The van der Waals surface area contributed by atoms with E-state index in [0.717, 1.165) is 12.1 Å². The quantitative estimate of drug-likeness (QED) is 0.689. The smallest absolute Gasteiger partial charge is 0.256 e. The molecule has 9 heteroatoms. The predicted octanol–water partition coefficient (Wildman–Crippen LogP) is 2.62. The van der Waals surface area contributed by atoms with Crippen molar-refractivity contribution in [3.8, 4) is 0 Å². The van der Waals surface area contributed by atoms with Crippen molar-refractivity contribution >= 4 is 29.1 Å². The Kier molecular flexibility index (Phi) is 4.20. The largest absolute Gasteiger partial charge is 0.337 e. The molecule has 1 amide bonds. The maximum absolute atomic E-state index is 13.8. The number of halogens is 3. The number of amides is 1. The third-order valence-corrected chi connectivity index (χ3v) is 4.58. The zero-order chi connectivity index (χ0) is 18.3. The van der Waals surface area contributed by atoms with Gasteiger partial charge in [-0.25, -0.2) is 8.78 Å². The van der Waals surface area contributed by atoms with Gasteiger partial charge in [0.1, 0.15) is 11.6 Å². The van der Waals surface area contributed by atoms with Crippen LogP contribution in [-0.2, 0) is 0 Å². The number of pyridine rings is 1. The van der Waals surface area contributed by atoms with Gasteiger partial charge in [-0.2, -0.15) is 0 Å². The van der Waals surface area contributed by atoms with Crippen LogP contribution in [0.3, 0.4) is 0 Å². The zero-order valence-corrected chi connectivity index (χ0v) is 14.3. The second-order valence-corrected chi connectivity index (χ2v) is 6.42. The molecule has 0 bridgehead atoms. The second-order valence-electron chi connectivity index (χ2n) is 5.98. The van der Waals surface area contributed by atoms with Gasteiger partial charge in [0.25, 0.3) is 5.91 Å². The summed E-state index contributed by atoms with van der Waals surface area (Å²) in [5.74, 6) is -1.37. The van der Waals surface area contributed by atoms with E-state index in [1.165, 1.54) is 6.07 Å². The average Bonchev–Trinajstić information content (AvgIpc) is 3.04. The Hall–Kier alpha value is -2.74. The summed E-state index contributed by atoms with van der Waals surface area (Å²) in [6, 6.07) is 6.49. The van der Waals surface area contributed by atoms with Gasteiger partial charge in [-0.05, 0) is 24.3 Å². The number of rotatable bonds is 2. The van der Waals surface area contributed by atoms with Gasteiger partial charge in [0.2, 0.25) is 5.95 Å². The average molecular weight is 378 g/mol. The van der Waals surface area contributed by atoms with Crippen LogP contribution < -0.4 is 4.90 Å². The van der Waals surface area contributed by atoms with E-state index < -0.39 is 17.5 Å². The highest BCUT2D eigenvalue weighted by Gasteiger charge is 2.26. The molecule has 0 unspecified atom stereocenters. The van der Waals surface area contributed by atoms with Gasteiger partial charge in [-0.15, -0.1) is 10.2 Å². The fourth-order valence-corrected chi connectivity index (χ4v) is 3.17. The van der Waals surface area contributed by atoms with Gasteiger partial charge in [0.15, 0.2) is 5.65 Å². The van der Waals surface area contributed by atoms with Crippen molar-refractivity contribution < 1.29 is 13.6 Å². The summed E-state index contributed by atoms with van der Waals surface area (Å²) in [7, 11) is 0. The summed E-state index contributed by atoms with van der Waals surface area (Å²) in [5.41, 5.74) is 0.552. The highest BCUT2D eigenvalue weighted by molar-refractivity contribution is 6.30. The first-order valence-electron chi connectivity index (χ1n) is 8.02. The molecular formula is C17H14ClF2N5O. The molecule has 1 fully saturated rings. The van der Waals surface area contributed by atoms with Crippen molar-refractivity contribution in [3.05, 3.63) is 58.7 Å². The van der Waals surface area contributed by atoms with Crippen molar-refractivity contribution in [3.63, 3.8) is 0 Å². The van der Waals surface area contributed by atoms with E-state index in [-0.39, 0.29) is 5.56 Å². The number of hydrogen-bond donors (Lipinski definition) is 0. The van der Waals surface area contributed by atoms with E-state index in [9.17, 15) is 13.6 Å². The van der Waals surface area contributed by atoms with Gasteiger partial charge >= 0.3 is 0 Å². The molecule has 1 saturated heterocycles. The van der Waals surface area contributed by atoms with Crippen LogP contribution in [0.5, 0.6) is 0 Å². The monoisotopic (exact) mass is 377 g/mol. The van der Waals surface area contributed by atoms with Crippen molar-refractivity contribution in [2.75, 3.05) is 31.1 Å². The number of anilines is 1. The van der Waals surface area contributed by atoms with E-state index in [1.54, 1.807) is 27.6 Å². The first kappa shape index (κ1) is 16.7. The van der Waals surface area contributed by atoms with Crippen LogP contribution in [0.15, 0.2) is 36.5 Å². The maximum atomic E-state index is 13.8. The van der Waals surface area contributed by atoms with Crippen molar-refractivity contribution in [2.45, 2.75) is 0 Å². The summed E-state index contributed by atoms with van der Waals surface area (Å²) >= 11 is 6.03. The lowest BCUT2D eigenvalue weighted by Crippen LogP contribution is -2.49. The number of hydrogen-bond acceptors (Lipinski definition) is 4. The van der Waals surface area contributed by atoms with Crippen molar-refractivity contribution in [2.24, 2.45) is 0 Å². The van der Waals surface area contributed by atoms with Gasteiger partial charge in [-0.1, -0.05) is 11.6 Å². The Bertz CT molecular complexity index is 984. The molecule has 3 aromatic rings.